The lowest BCUT2D eigenvalue weighted by atomic mass is 9.90. The molecule has 3 heteroatoms. The van der Waals surface area contributed by atoms with Crippen LogP contribution in [0.3, 0.4) is 0 Å². The molecule has 1 heterocycles. The Kier molecular flexibility index (Phi) is 3.34. The van der Waals surface area contributed by atoms with Crippen molar-refractivity contribution in [3.8, 4) is 11.5 Å². The number of aryl methyl sites for hydroxylation is 1. The number of hydrogen-bond acceptors (Lipinski definition) is 3. The van der Waals surface area contributed by atoms with Crippen LogP contribution in [0.1, 0.15) is 29.9 Å². The summed E-state index contributed by atoms with van der Waals surface area (Å²) in [4.78, 5) is 0. The van der Waals surface area contributed by atoms with Crippen molar-refractivity contribution in [3.05, 3.63) is 23.3 Å². The molecule has 0 aliphatic carbocycles. The summed E-state index contributed by atoms with van der Waals surface area (Å²) in [6.07, 6.45) is 2.34. The third-order valence-corrected chi connectivity index (χ3v) is 3.28. The SMILES string of the molecule is COc1cc(C)c(O)cc1C1CCCNC1. The summed E-state index contributed by atoms with van der Waals surface area (Å²) in [5, 5.41) is 13.2. The Morgan fingerprint density at radius 3 is 2.88 bits per heavy atom. The maximum Gasteiger partial charge on any atom is 0.122 e. The fourth-order valence-corrected chi connectivity index (χ4v) is 2.30. The van der Waals surface area contributed by atoms with Crippen LogP contribution in [0.5, 0.6) is 11.5 Å². The molecular weight excluding hydrogens is 202 g/mol. The van der Waals surface area contributed by atoms with Gasteiger partial charge in [-0.1, -0.05) is 0 Å². The molecule has 1 atom stereocenters. The number of ether oxygens (including phenoxy) is 1. The normalized spacial score (nSPS) is 20.8. The van der Waals surface area contributed by atoms with Gasteiger partial charge in [0.1, 0.15) is 11.5 Å². The maximum absolute atomic E-state index is 9.77. The largest absolute Gasteiger partial charge is 0.508 e. The first-order valence-electron chi connectivity index (χ1n) is 5.80. The summed E-state index contributed by atoms with van der Waals surface area (Å²) in [6.45, 7) is 3.95. The summed E-state index contributed by atoms with van der Waals surface area (Å²) < 4.78 is 5.40. The van der Waals surface area contributed by atoms with Gasteiger partial charge in [0.2, 0.25) is 0 Å². The van der Waals surface area contributed by atoms with Crippen molar-refractivity contribution in [2.75, 3.05) is 20.2 Å². The van der Waals surface area contributed by atoms with Crippen LogP contribution in [-0.4, -0.2) is 25.3 Å². The second-order valence-electron chi connectivity index (χ2n) is 4.42. The average molecular weight is 221 g/mol. The molecule has 0 radical (unpaired) electrons. The standard InChI is InChI=1S/C13H19NO2/c1-9-6-13(16-2)11(7-12(9)15)10-4-3-5-14-8-10/h6-7,10,14-15H,3-5,8H2,1-2H3. The van der Waals surface area contributed by atoms with Gasteiger partial charge in [0.05, 0.1) is 7.11 Å². The molecule has 1 aromatic rings. The summed E-state index contributed by atoms with van der Waals surface area (Å²) in [6, 6.07) is 3.77. The van der Waals surface area contributed by atoms with Crippen LogP contribution >= 0.6 is 0 Å². The lowest BCUT2D eigenvalue weighted by molar-refractivity contribution is 0.388. The van der Waals surface area contributed by atoms with E-state index in [9.17, 15) is 5.11 Å². The molecule has 88 valence electrons. The Balaban J connectivity index is 2.33. The Labute approximate surface area is 96.4 Å². The van der Waals surface area contributed by atoms with Crippen molar-refractivity contribution in [2.24, 2.45) is 0 Å². The molecule has 1 aliphatic rings. The van der Waals surface area contributed by atoms with Gasteiger partial charge in [0, 0.05) is 18.0 Å². The number of benzene rings is 1. The number of phenols is 1. The van der Waals surface area contributed by atoms with Crippen molar-refractivity contribution < 1.29 is 9.84 Å². The molecule has 0 bridgehead atoms. The highest BCUT2D eigenvalue weighted by molar-refractivity contribution is 5.47. The molecular formula is C13H19NO2. The van der Waals surface area contributed by atoms with Crippen molar-refractivity contribution in [2.45, 2.75) is 25.7 Å². The Morgan fingerprint density at radius 1 is 1.44 bits per heavy atom. The van der Waals surface area contributed by atoms with Gasteiger partial charge in [-0.25, -0.2) is 0 Å². The molecule has 0 saturated carbocycles. The molecule has 2 rings (SSSR count). The third-order valence-electron chi connectivity index (χ3n) is 3.28. The molecule has 0 aromatic heterocycles. The minimum absolute atomic E-state index is 0.362. The smallest absolute Gasteiger partial charge is 0.122 e. The molecule has 3 nitrogen and oxygen atoms in total. The van der Waals surface area contributed by atoms with Crippen molar-refractivity contribution in [1.82, 2.24) is 5.32 Å². The number of aromatic hydroxyl groups is 1. The first-order valence-corrected chi connectivity index (χ1v) is 5.80. The molecule has 1 fully saturated rings. The quantitative estimate of drug-likeness (QED) is 0.804. The van der Waals surface area contributed by atoms with Crippen molar-refractivity contribution in [3.63, 3.8) is 0 Å². The zero-order chi connectivity index (χ0) is 11.5. The van der Waals surface area contributed by atoms with E-state index in [0.29, 0.717) is 11.7 Å². The van der Waals surface area contributed by atoms with E-state index in [-0.39, 0.29) is 0 Å². The van der Waals surface area contributed by atoms with E-state index in [0.717, 1.165) is 36.4 Å². The fourth-order valence-electron chi connectivity index (χ4n) is 2.30. The van der Waals surface area contributed by atoms with E-state index in [1.54, 1.807) is 7.11 Å². The third kappa shape index (κ3) is 2.14. The first-order chi connectivity index (χ1) is 7.72. The van der Waals surface area contributed by atoms with Gasteiger partial charge in [-0.05, 0) is 44.0 Å². The molecule has 1 aromatic carbocycles. The Bertz CT molecular complexity index is 370. The number of hydrogen-bond donors (Lipinski definition) is 2. The van der Waals surface area contributed by atoms with Crippen LogP contribution in [0, 0.1) is 6.92 Å². The molecule has 16 heavy (non-hydrogen) atoms. The van der Waals surface area contributed by atoms with E-state index in [2.05, 4.69) is 5.32 Å². The maximum atomic E-state index is 9.77. The van der Waals surface area contributed by atoms with E-state index in [1.165, 1.54) is 6.42 Å². The van der Waals surface area contributed by atoms with Gasteiger partial charge < -0.3 is 15.2 Å². The lowest BCUT2D eigenvalue weighted by Crippen LogP contribution is -2.28. The highest BCUT2D eigenvalue weighted by Crippen LogP contribution is 2.35. The van der Waals surface area contributed by atoms with Crippen LogP contribution in [0.4, 0.5) is 0 Å². The average Bonchev–Trinajstić information content (AvgIpc) is 2.33. The Hall–Kier alpha value is -1.22. The molecule has 1 saturated heterocycles. The van der Waals surface area contributed by atoms with Gasteiger partial charge >= 0.3 is 0 Å². The van der Waals surface area contributed by atoms with Crippen LogP contribution in [0.2, 0.25) is 0 Å². The van der Waals surface area contributed by atoms with Crippen LogP contribution < -0.4 is 10.1 Å². The van der Waals surface area contributed by atoms with Gasteiger partial charge in [-0.15, -0.1) is 0 Å². The highest BCUT2D eigenvalue weighted by atomic mass is 16.5. The van der Waals surface area contributed by atoms with Crippen LogP contribution in [-0.2, 0) is 0 Å². The van der Waals surface area contributed by atoms with Gasteiger partial charge in [0.15, 0.2) is 0 Å². The Morgan fingerprint density at radius 2 is 2.25 bits per heavy atom. The summed E-state index contributed by atoms with van der Waals surface area (Å²) in [5.41, 5.74) is 1.99. The van der Waals surface area contributed by atoms with E-state index in [4.69, 9.17) is 4.74 Å². The van der Waals surface area contributed by atoms with Crippen LogP contribution in [0.15, 0.2) is 12.1 Å². The monoisotopic (exact) mass is 221 g/mol. The highest BCUT2D eigenvalue weighted by Gasteiger charge is 2.20. The minimum Gasteiger partial charge on any atom is -0.508 e. The van der Waals surface area contributed by atoms with E-state index >= 15 is 0 Å². The zero-order valence-corrected chi connectivity index (χ0v) is 9.92. The predicted octanol–water partition coefficient (Wildman–Crippen LogP) is 2.18. The van der Waals surface area contributed by atoms with E-state index in [1.807, 2.05) is 19.1 Å². The van der Waals surface area contributed by atoms with Crippen LogP contribution in [0.25, 0.3) is 0 Å². The predicted molar refractivity (Wildman–Crippen MR) is 64.2 cm³/mol. The molecule has 1 unspecified atom stereocenters. The number of methoxy groups -OCH3 is 1. The molecule has 0 amide bonds. The number of piperidine rings is 1. The topological polar surface area (TPSA) is 41.5 Å². The first kappa shape index (κ1) is 11.3. The van der Waals surface area contributed by atoms with Gasteiger partial charge in [-0.2, -0.15) is 0 Å². The lowest BCUT2D eigenvalue weighted by Gasteiger charge is -2.25. The minimum atomic E-state index is 0.362. The van der Waals surface area contributed by atoms with Gasteiger partial charge in [-0.3, -0.25) is 0 Å². The molecule has 2 N–H and O–H groups in total. The van der Waals surface area contributed by atoms with E-state index < -0.39 is 0 Å². The molecule has 0 spiro atoms. The summed E-state index contributed by atoms with van der Waals surface area (Å²) >= 11 is 0. The summed E-state index contributed by atoms with van der Waals surface area (Å²) in [7, 11) is 1.69. The number of phenolic OH excluding ortho intramolecular Hbond substituents is 1. The second kappa shape index (κ2) is 4.74. The zero-order valence-electron chi connectivity index (χ0n) is 9.92. The van der Waals surface area contributed by atoms with Gasteiger partial charge in [0.25, 0.3) is 0 Å². The summed E-state index contributed by atoms with van der Waals surface area (Å²) in [5.74, 6) is 1.71. The fraction of sp³-hybridized carbons (Fsp3) is 0.538. The van der Waals surface area contributed by atoms with Crippen molar-refractivity contribution >= 4 is 0 Å². The number of nitrogens with one attached hydrogen (secondary N) is 1. The second-order valence-corrected chi connectivity index (χ2v) is 4.42. The molecule has 1 aliphatic heterocycles. The number of rotatable bonds is 2. The van der Waals surface area contributed by atoms with Crippen molar-refractivity contribution in [1.29, 1.82) is 0 Å².